The lowest BCUT2D eigenvalue weighted by Gasteiger charge is -2.08. The number of nitrogens with one attached hydrogen (secondary N) is 1. The third-order valence-electron chi connectivity index (χ3n) is 2.59. The van der Waals surface area contributed by atoms with Crippen molar-refractivity contribution in [3.05, 3.63) is 27.7 Å². The highest BCUT2D eigenvalue weighted by atomic mass is 35.5. The number of halogens is 2. The molecule has 0 unspecified atom stereocenters. The second-order valence-corrected chi connectivity index (χ2v) is 4.85. The van der Waals surface area contributed by atoms with Crippen molar-refractivity contribution in [1.82, 2.24) is 5.32 Å². The number of carbonyl (C=O) groups is 1. The fourth-order valence-corrected chi connectivity index (χ4v) is 1.92. The Labute approximate surface area is 104 Å². The number of anilines is 1. The average Bonchev–Trinajstić information content (AvgIpc) is 3.03. The van der Waals surface area contributed by atoms with E-state index in [0.29, 0.717) is 28.1 Å². The number of benzene rings is 1. The van der Waals surface area contributed by atoms with E-state index in [1.54, 1.807) is 0 Å². The summed E-state index contributed by atoms with van der Waals surface area (Å²) < 4.78 is 0. The first-order valence-corrected chi connectivity index (χ1v) is 5.86. The maximum Gasteiger partial charge on any atom is 0.253 e. The van der Waals surface area contributed by atoms with Gasteiger partial charge in [0.25, 0.3) is 5.91 Å². The molecular formula is C11H12Cl2N2O. The standard InChI is InChI=1S/C11H12Cl2N2O/c12-7-3-8(10(14)9(13)4-7)11(16)15-5-6-1-2-6/h3-4,6H,1-2,5,14H2,(H,15,16). The minimum absolute atomic E-state index is 0.214. The van der Waals surface area contributed by atoms with Gasteiger partial charge < -0.3 is 11.1 Å². The lowest BCUT2D eigenvalue weighted by atomic mass is 10.1. The molecule has 0 aliphatic heterocycles. The molecular weight excluding hydrogens is 247 g/mol. The van der Waals surface area contributed by atoms with Crippen molar-refractivity contribution in [2.24, 2.45) is 5.92 Å². The van der Waals surface area contributed by atoms with E-state index >= 15 is 0 Å². The zero-order valence-corrected chi connectivity index (χ0v) is 10.1. The Morgan fingerprint density at radius 3 is 2.75 bits per heavy atom. The summed E-state index contributed by atoms with van der Waals surface area (Å²) in [5, 5.41) is 3.54. The van der Waals surface area contributed by atoms with Gasteiger partial charge in [-0.1, -0.05) is 23.2 Å². The van der Waals surface area contributed by atoms with Crippen molar-refractivity contribution in [2.45, 2.75) is 12.8 Å². The molecule has 86 valence electrons. The van der Waals surface area contributed by atoms with Crippen LogP contribution in [0.15, 0.2) is 12.1 Å². The van der Waals surface area contributed by atoms with Gasteiger partial charge in [-0.3, -0.25) is 4.79 Å². The molecule has 1 saturated carbocycles. The largest absolute Gasteiger partial charge is 0.397 e. The van der Waals surface area contributed by atoms with Crippen LogP contribution in [0.4, 0.5) is 5.69 Å². The predicted octanol–water partition coefficient (Wildman–Crippen LogP) is 2.72. The maximum absolute atomic E-state index is 11.8. The van der Waals surface area contributed by atoms with E-state index in [-0.39, 0.29) is 11.6 Å². The van der Waals surface area contributed by atoms with Crippen molar-refractivity contribution < 1.29 is 4.79 Å². The van der Waals surface area contributed by atoms with Crippen LogP contribution >= 0.6 is 23.2 Å². The summed E-state index contributed by atoms with van der Waals surface area (Å²) in [5.74, 6) is 0.411. The number of hydrogen-bond acceptors (Lipinski definition) is 2. The Balaban J connectivity index is 2.14. The van der Waals surface area contributed by atoms with Crippen molar-refractivity contribution in [1.29, 1.82) is 0 Å². The molecule has 1 aliphatic rings. The Kier molecular flexibility index (Phi) is 3.26. The number of nitrogen functional groups attached to an aromatic ring is 1. The summed E-state index contributed by atoms with van der Waals surface area (Å²) in [5.41, 5.74) is 6.35. The maximum atomic E-state index is 11.8. The molecule has 0 spiro atoms. The Hall–Kier alpha value is -0.930. The van der Waals surface area contributed by atoms with E-state index in [1.807, 2.05) is 0 Å². The highest BCUT2D eigenvalue weighted by Gasteiger charge is 2.22. The fourth-order valence-electron chi connectivity index (χ4n) is 1.43. The lowest BCUT2D eigenvalue weighted by Crippen LogP contribution is -2.26. The van der Waals surface area contributed by atoms with E-state index in [9.17, 15) is 4.79 Å². The van der Waals surface area contributed by atoms with Crippen molar-refractivity contribution in [3.8, 4) is 0 Å². The van der Waals surface area contributed by atoms with Gasteiger partial charge in [0, 0.05) is 11.6 Å². The molecule has 1 aromatic rings. The van der Waals surface area contributed by atoms with Crippen LogP contribution in [0.25, 0.3) is 0 Å². The zero-order chi connectivity index (χ0) is 11.7. The first-order chi connectivity index (χ1) is 7.58. The molecule has 1 aromatic carbocycles. The van der Waals surface area contributed by atoms with E-state index in [0.717, 1.165) is 0 Å². The smallest absolute Gasteiger partial charge is 0.253 e. The predicted molar refractivity (Wildman–Crippen MR) is 65.9 cm³/mol. The normalized spacial score (nSPS) is 14.9. The van der Waals surface area contributed by atoms with Gasteiger partial charge in [0.1, 0.15) is 0 Å². The molecule has 0 heterocycles. The van der Waals surface area contributed by atoms with E-state index < -0.39 is 0 Å². The molecule has 0 saturated heterocycles. The Morgan fingerprint density at radius 1 is 1.44 bits per heavy atom. The number of nitrogens with two attached hydrogens (primary N) is 1. The van der Waals surface area contributed by atoms with Crippen LogP contribution in [-0.4, -0.2) is 12.5 Å². The van der Waals surface area contributed by atoms with Crippen LogP contribution in [0.2, 0.25) is 10.0 Å². The van der Waals surface area contributed by atoms with Gasteiger partial charge in [0.15, 0.2) is 0 Å². The van der Waals surface area contributed by atoms with Crippen LogP contribution in [0.1, 0.15) is 23.2 Å². The van der Waals surface area contributed by atoms with Crippen molar-refractivity contribution in [3.63, 3.8) is 0 Å². The number of rotatable bonds is 3. The van der Waals surface area contributed by atoms with Gasteiger partial charge in [-0.25, -0.2) is 0 Å². The summed E-state index contributed by atoms with van der Waals surface area (Å²) in [7, 11) is 0. The molecule has 0 aromatic heterocycles. The molecule has 16 heavy (non-hydrogen) atoms. The quantitative estimate of drug-likeness (QED) is 0.820. The molecule has 1 amide bonds. The molecule has 3 N–H and O–H groups in total. The van der Waals surface area contributed by atoms with E-state index in [4.69, 9.17) is 28.9 Å². The van der Waals surface area contributed by atoms with Gasteiger partial charge in [0.05, 0.1) is 16.3 Å². The van der Waals surface area contributed by atoms with Gasteiger partial charge in [-0.05, 0) is 30.9 Å². The minimum atomic E-state index is -0.214. The van der Waals surface area contributed by atoms with Crippen LogP contribution < -0.4 is 11.1 Å². The third kappa shape index (κ3) is 2.60. The molecule has 0 radical (unpaired) electrons. The Bertz CT molecular complexity index is 430. The lowest BCUT2D eigenvalue weighted by molar-refractivity contribution is 0.0952. The second kappa shape index (κ2) is 4.52. The molecule has 0 atom stereocenters. The van der Waals surface area contributed by atoms with Crippen molar-refractivity contribution in [2.75, 3.05) is 12.3 Å². The van der Waals surface area contributed by atoms with Gasteiger partial charge in [-0.2, -0.15) is 0 Å². The average molecular weight is 259 g/mol. The van der Waals surface area contributed by atoms with Gasteiger partial charge >= 0.3 is 0 Å². The summed E-state index contributed by atoms with van der Waals surface area (Å²) in [6, 6.07) is 3.06. The fraction of sp³-hybridized carbons (Fsp3) is 0.364. The summed E-state index contributed by atoms with van der Waals surface area (Å²) in [6.45, 7) is 0.697. The monoisotopic (exact) mass is 258 g/mol. The summed E-state index contributed by atoms with van der Waals surface area (Å²) >= 11 is 11.7. The first-order valence-electron chi connectivity index (χ1n) is 5.10. The summed E-state index contributed by atoms with van der Waals surface area (Å²) in [6.07, 6.45) is 2.37. The highest BCUT2D eigenvalue weighted by molar-refractivity contribution is 6.37. The molecule has 1 fully saturated rings. The van der Waals surface area contributed by atoms with Crippen LogP contribution in [0, 0.1) is 5.92 Å². The molecule has 5 heteroatoms. The van der Waals surface area contributed by atoms with Gasteiger partial charge in [0.2, 0.25) is 0 Å². The highest BCUT2D eigenvalue weighted by Crippen LogP contribution is 2.29. The van der Waals surface area contributed by atoms with E-state index in [1.165, 1.54) is 25.0 Å². The third-order valence-corrected chi connectivity index (χ3v) is 3.12. The SMILES string of the molecule is Nc1c(Cl)cc(Cl)cc1C(=O)NCC1CC1. The van der Waals surface area contributed by atoms with Gasteiger partial charge in [-0.15, -0.1) is 0 Å². The van der Waals surface area contributed by atoms with Crippen LogP contribution in [0.3, 0.4) is 0 Å². The number of amides is 1. The second-order valence-electron chi connectivity index (χ2n) is 4.00. The van der Waals surface area contributed by atoms with Crippen LogP contribution in [-0.2, 0) is 0 Å². The summed E-state index contributed by atoms with van der Waals surface area (Å²) in [4.78, 5) is 11.8. The first kappa shape index (κ1) is 11.6. The molecule has 0 bridgehead atoms. The minimum Gasteiger partial charge on any atom is -0.397 e. The zero-order valence-electron chi connectivity index (χ0n) is 8.59. The molecule has 3 nitrogen and oxygen atoms in total. The molecule has 1 aliphatic carbocycles. The van der Waals surface area contributed by atoms with Crippen LogP contribution in [0.5, 0.6) is 0 Å². The van der Waals surface area contributed by atoms with E-state index in [2.05, 4.69) is 5.32 Å². The topological polar surface area (TPSA) is 55.1 Å². The van der Waals surface area contributed by atoms with Crippen molar-refractivity contribution >= 4 is 34.8 Å². The number of hydrogen-bond donors (Lipinski definition) is 2. The Morgan fingerprint density at radius 2 is 2.12 bits per heavy atom. The number of carbonyl (C=O) groups excluding carboxylic acids is 1. The molecule has 2 rings (SSSR count).